The first-order valence-electron chi connectivity index (χ1n) is 10.5. The third kappa shape index (κ3) is 16.0. The lowest BCUT2D eigenvalue weighted by Crippen LogP contribution is -2.35. The average molecular weight is 519 g/mol. The van der Waals surface area contributed by atoms with Crippen LogP contribution in [-0.4, -0.2) is 105 Å². The Morgan fingerprint density at radius 1 is 0.833 bits per heavy atom. The number of carbonyl (C=O) groups is 6. The molecule has 0 radical (unpaired) electrons. The van der Waals surface area contributed by atoms with Crippen LogP contribution in [0.4, 0.5) is 9.59 Å². The number of primary amides is 1. The highest BCUT2D eigenvalue weighted by Gasteiger charge is 2.30. The molecule has 0 aromatic heterocycles. The van der Waals surface area contributed by atoms with E-state index < -0.39 is 24.0 Å². The normalized spacial score (nSPS) is 13.4. The van der Waals surface area contributed by atoms with Gasteiger partial charge in [-0.15, -0.1) is 0 Å². The van der Waals surface area contributed by atoms with Crippen molar-refractivity contribution in [3.05, 3.63) is 24.3 Å². The summed E-state index contributed by atoms with van der Waals surface area (Å²) in [6.07, 6.45) is 5.76. The van der Waals surface area contributed by atoms with Crippen molar-refractivity contribution < 1.29 is 52.8 Å². The highest BCUT2D eigenvalue weighted by molar-refractivity contribution is 6.21. The number of aliphatic hydroxyl groups is 1. The molecule has 36 heavy (non-hydrogen) atoms. The molecule has 0 aromatic carbocycles. The minimum atomic E-state index is -0.954. The summed E-state index contributed by atoms with van der Waals surface area (Å²) >= 11 is 0. The third-order valence-electron chi connectivity index (χ3n) is 3.85. The summed E-state index contributed by atoms with van der Waals surface area (Å²) in [6.45, 7) is 1.85. The zero-order valence-electron chi connectivity index (χ0n) is 20.5. The van der Waals surface area contributed by atoms with Gasteiger partial charge in [-0.05, 0) is 19.3 Å². The highest BCUT2D eigenvalue weighted by Crippen LogP contribution is 2.06. The largest absolute Gasteiger partial charge is 0.453 e. The highest BCUT2D eigenvalue weighted by atomic mass is 16.5. The molecule has 204 valence electrons. The Morgan fingerprint density at radius 3 is 1.69 bits per heavy atom. The second kappa shape index (κ2) is 21.8. The number of unbranched alkanes of at least 4 members (excludes halogenated alkanes) is 2. The summed E-state index contributed by atoms with van der Waals surface area (Å²) in [5.74, 6) is -1.72. The third-order valence-corrected chi connectivity index (χ3v) is 3.85. The topological polar surface area (TPSA) is 218 Å². The van der Waals surface area contributed by atoms with Gasteiger partial charge in [-0.3, -0.25) is 24.1 Å². The van der Waals surface area contributed by atoms with E-state index in [1.807, 2.05) is 0 Å². The summed E-state index contributed by atoms with van der Waals surface area (Å²) in [4.78, 5) is 65.3. The van der Waals surface area contributed by atoms with E-state index in [9.17, 15) is 28.8 Å². The van der Waals surface area contributed by atoms with Gasteiger partial charge in [0.2, 0.25) is 0 Å². The molecule has 6 amide bonds. The van der Waals surface area contributed by atoms with Crippen molar-refractivity contribution >= 4 is 35.8 Å². The second-order valence-corrected chi connectivity index (χ2v) is 6.35. The van der Waals surface area contributed by atoms with Crippen molar-refractivity contribution in [1.82, 2.24) is 9.80 Å². The van der Waals surface area contributed by atoms with E-state index in [1.165, 1.54) is 24.2 Å². The number of nitrogens with zero attached hydrogens (tertiary/aromatic N) is 2. The Morgan fingerprint density at radius 2 is 1.33 bits per heavy atom. The first-order valence-corrected chi connectivity index (χ1v) is 10.5. The van der Waals surface area contributed by atoms with E-state index in [0.717, 1.165) is 45.1 Å². The number of nitrogens with two attached hydrogens (primary N) is 2. The van der Waals surface area contributed by atoms with Crippen molar-refractivity contribution in [3.8, 4) is 0 Å². The Balaban J connectivity index is 0. The van der Waals surface area contributed by atoms with Crippen molar-refractivity contribution in [2.75, 3.05) is 54.4 Å². The van der Waals surface area contributed by atoms with Crippen molar-refractivity contribution in [1.29, 1.82) is 0 Å². The number of hydrogen-bond donors (Lipinski definition) is 3. The summed E-state index contributed by atoms with van der Waals surface area (Å²) in [7, 11) is 3.99. The summed E-state index contributed by atoms with van der Waals surface area (Å²) in [5.41, 5.74) is 9.31. The molecular formula is C21H34N4O11. The lowest BCUT2D eigenvalue weighted by molar-refractivity contribution is -0.137. The minimum absolute atomic E-state index is 0.0528. The molecule has 0 unspecified atom stereocenters. The molecule has 15 heteroatoms. The van der Waals surface area contributed by atoms with E-state index >= 15 is 0 Å². The van der Waals surface area contributed by atoms with Gasteiger partial charge in [-0.2, -0.15) is 4.90 Å². The molecule has 0 atom stereocenters. The molecule has 0 fully saturated rings. The molecule has 0 saturated heterocycles. The molecule has 0 aliphatic carbocycles. The fourth-order valence-electron chi connectivity index (χ4n) is 2.16. The lowest BCUT2D eigenvalue weighted by Gasteiger charge is -2.12. The summed E-state index contributed by atoms with van der Waals surface area (Å²) < 4.78 is 17.5. The van der Waals surface area contributed by atoms with Crippen LogP contribution in [-0.2, 0) is 38.1 Å². The Labute approximate surface area is 208 Å². The fraction of sp³-hybridized carbons (Fsp3) is 0.524. The first-order chi connectivity index (χ1) is 17.1. The van der Waals surface area contributed by atoms with E-state index in [-0.39, 0.29) is 25.2 Å². The van der Waals surface area contributed by atoms with Gasteiger partial charge >= 0.3 is 12.2 Å². The van der Waals surface area contributed by atoms with Gasteiger partial charge in [0.15, 0.2) is 0 Å². The lowest BCUT2D eigenvalue weighted by atomic mass is 10.2. The SMILES string of the molecule is COC(=O)N1C(=O)C=CC1=O.COC(N)=O.COCCCCCN1C(=O)C=CC1=O.NCOCCO. The molecule has 0 bridgehead atoms. The molecular weight excluding hydrogens is 484 g/mol. The van der Waals surface area contributed by atoms with E-state index in [0.29, 0.717) is 18.1 Å². The fourth-order valence-corrected chi connectivity index (χ4v) is 2.16. The average Bonchev–Trinajstić information content (AvgIpc) is 3.37. The molecule has 2 aliphatic rings. The maximum absolute atomic E-state index is 11.1. The maximum atomic E-state index is 11.1. The number of hydrogen-bond acceptors (Lipinski definition) is 12. The van der Waals surface area contributed by atoms with Crippen LogP contribution in [0.1, 0.15) is 19.3 Å². The van der Waals surface area contributed by atoms with Crippen LogP contribution < -0.4 is 11.5 Å². The van der Waals surface area contributed by atoms with E-state index in [4.69, 9.17) is 15.6 Å². The van der Waals surface area contributed by atoms with E-state index in [2.05, 4.69) is 19.9 Å². The van der Waals surface area contributed by atoms with Gasteiger partial charge in [0.25, 0.3) is 23.6 Å². The van der Waals surface area contributed by atoms with E-state index in [1.54, 1.807) is 7.11 Å². The Bertz CT molecular complexity index is 744. The number of ether oxygens (including phenoxy) is 4. The summed E-state index contributed by atoms with van der Waals surface area (Å²) in [6, 6.07) is 0. The maximum Gasteiger partial charge on any atom is 0.423 e. The molecule has 5 N–H and O–H groups in total. The molecule has 2 heterocycles. The quantitative estimate of drug-likeness (QED) is 0.191. The van der Waals surface area contributed by atoms with Gasteiger partial charge in [-0.1, -0.05) is 0 Å². The van der Waals surface area contributed by atoms with Crippen LogP contribution in [0.5, 0.6) is 0 Å². The molecule has 2 rings (SSSR count). The van der Waals surface area contributed by atoms with Crippen LogP contribution in [0, 0.1) is 0 Å². The standard InChI is InChI=1S/C10H15NO3.C6H5NO4.C3H9NO2.C2H5NO2/c1-14-8-4-2-3-7-11-9(12)5-6-10(11)13;1-11-6(10)7-4(8)2-3-5(7)9;4-3-6-2-1-5;1-5-2(3)4/h5-6H,2-4,7-8H2,1H3;2-3H,1H3;5H,1-4H2;1H3,(H2,3,4). The van der Waals surface area contributed by atoms with Gasteiger partial charge < -0.3 is 35.5 Å². The number of methoxy groups -OCH3 is 3. The van der Waals surface area contributed by atoms with Gasteiger partial charge in [0.05, 0.1) is 34.2 Å². The molecule has 0 saturated carbocycles. The van der Waals surface area contributed by atoms with Crippen LogP contribution in [0.25, 0.3) is 0 Å². The first kappa shape index (κ1) is 34.5. The Kier molecular flexibility index (Phi) is 20.9. The minimum Gasteiger partial charge on any atom is -0.453 e. The monoisotopic (exact) mass is 518 g/mol. The molecule has 0 spiro atoms. The van der Waals surface area contributed by atoms with Crippen LogP contribution in [0.15, 0.2) is 24.3 Å². The smallest absolute Gasteiger partial charge is 0.423 e. The van der Waals surface area contributed by atoms with Crippen LogP contribution in [0.2, 0.25) is 0 Å². The zero-order valence-corrected chi connectivity index (χ0v) is 20.5. The van der Waals surface area contributed by atoms with Gasteiger partial charge in [0, 0.05) is 44.6 Å². The van der Waals surface area contributed by atoms with Crippen LogP contribution in [0.3, 0.4) is 0 Å². The second-order valence-electron chi connectivity index (χ2n) is 6.35. The van der Waals surface area contributed by atoms with Gasteiger partial charge in [-0.25, -0.2) is 9.59 Å². The molecule has 0 aromatic rings. The number of aliphatic hydroxyl groups excluding tert-OH is 1. The summed E-state index contributed by atoms with van der Waals surface area (Å²) in [5, 5.41) is 8.02. The molecule has 15 nitrogen and oxygen atoms in total. The number of amides is 6. The predicted molar refractivity (Wildman–Crippen MR) is 124 cm³/mol. The van der Waals surface area contributed by atoms with Crippen molar-refractivity contribution in [2.24, 2.45) is 11.5 Å². The zero-order chi connectivity index (χ0) is 27.9. The Hall–Kier alpha value is -3.66. The molecule has 2 aliphatic heterocycles. The van der Waals surface area contributed by atoms with Crippen molar-refractivity contribution in [3.63, 3.8) is 0 Å². The van der Waals surface area contributed by atoms with Gasteiger partial charge in [0.1, 0.15) is 0 Å². The number of imide groups is 4. The van der Waals surface area contributed by atoms with Crippen LogP contribution >= 0.6 is 0 Å². The van der Waals surface area contributed by atoms with Crippen molar-refractivity contribution in [2.45, 2.75) is 19.3 Å². The predicted octanol–water partition coefficient (Wildman–Crippen LogP) is -0.971. The number of rotatable bonds is 9. The number of carbonyl (C=O) groups excluding carboxylic acids is 6.